The molecule has 0 radical (unpaired) electrons. The third-order valence-corrected chi connectivity index (χ3v) is 5.46. The van der Waals surface area contributed by atoms with E-state index >= 15 is 0 Å². The van der Waals surface area contributed by atoms with E-state index in [1.54, 1.807) is 11.9 Å². The monoisotopic (exact) mass is 365 g/mol. The fourth-order valence-corrected chi connectivity index (χ4v) is 4.22. The van der Waals surface area contributed by atoms with Gasteiger partial charge in [-0.1, -0.05) is 12.8 Å². The Morgan fingerprint density at radius 1 is 1.19 bits per heavy atom. The van der Waals surface area contributed by atoms with Crippen LogP contribution in [0.1, 0.15) is 42.5 Å². The van der Waals surface area contributed by atoms with E-state index in [4.69, 9.17) is 0 Å². The maximum atomic E-state index is 14.2. The number of likely N-dealkylation sites (tertiary alicyclic amines) is 1. The Kier molecular flexibility index (Phi) is 5.86. The lowest BCUT2D eigenvalue weighted by atomic mass is 9.84. The summed E-state index contributed by atoms with van der Waals surface area (Å²) in [6.45, 7) is 1.10. The molecule has 1 saturated carbocycles. The van der Waals surface area contributed by atoms with Crippen molar-refractivity contribution < 1.29 is 18.4 Å². The molecule has 2 amide bonds. The number of hydrogen-bond donors (Lipinski definition) is 2. The van der Waals surface area contributed by atoms with Gasteiger partial charge in [-0.25, -0.2) is 8.78 Å². The van der Waals surface area contributed by atoms with E-state index in [9.17, 15) is 18.4 Å². The summed E-state index contributed by atoms with van der Waals surface area (Å²) in [5.74, 6) is -2.08. The number of nitrogens with one attached hydrogen (secondary N) is 2. The fraction of sp³-hybridized carbons (Fsp3) is 0.579. The molecule has 26 heavy (non-hydrogen) atoms. The Labute approximate surface area is 152 Å². The van der Waals surface area contributed by atoms with Gasteiger partial charge in [-0.15, -0.1) is 0 Å². The van der Waals surface area contributed by atoms with Gasteiger partial charge in [0.25, 0.3) is 5.91 Å². The Morgan fingerprint density at radius 2 is 1.96 bits per heavy atom. The van der Waals surface area contributed by atoms with Crippen LogP contribution in [0.2, 0.25) is 0 Å². The molecule has 1 aliphatic heterocycles. The largest absolute Gasteiger partial charge is 0.353 e. The number of benzene rings is 1. The highest BCUT2D eigenvalue weighted by atomic mass is 19.1. The quantitative estimate of drug-likeness (QED) is 0.786. The van der Waals surface area contributed by atoms with E-state index in [0.717, 1.165) is 31.7 Å². The second-order valence-electron chi connectivity index (χ2n) is 7.09. The zero-order valence-corrected chi connectivity index (χ0v) is 14.9. The zero-order chi connectivity index (χ0) is 18.7. The molecule has 0 spiro atoms. The van der Waals surface area contributed by atoms with Gasteiger partial charge in [0.1, 0.15) is 17.7 Å². The molecule has 2 N–H and O–H groups in total. The van der Waals surface area contributed by atoms with Crippen LogP contribution in [-0.4, -0.2) is 48.9 Å². The first-order valence-electron chi connectivity index (χ1n) is 9.23. The Morgan fingerprint density at radius 3 is 2.69 bits per heavy atom. The summed E-state index contributed by atoms with van der Waals surface area (Å²) in [6, 6.07) is 2.30. The fourth-order valence-electron chi connectivity index (χ4n) is 4.22. The highest BCUT2D eigenvalue weighted by Gasteiger charge is 2.47. The van der Waals surface area contributed by atoms with Gasteiger partial charge in [0.2, 0.25) is 5.91 Å². The second kappa shape index (κ2) is 8.12. The summed E-state index contributed by atoms with van der Waals surface area (Å²) in [5, 5.41) is 5.80. The predicted molar refractivity (Wildman–Crippen MR) is 93.6 cm³/mol. The maximum absolute atomic E-state index is 14.2. The van der Waals surface area contributed by atoms with Gasteiger partial charge >= 0.3 is 0 Å². The molecule has 1 saturated heterocycles. The normalized spacial score (nSPS) is 25.0. The number of hydrogen-bond acceptors (Lipinski definition) is 3. The predicted octanol–water partition coefficient (Wildman–Crippen LogP) is 2.07. The Hall–Kier alpha value is -2.02. The third kappa shape index (κ3) is 3.72. The number of likely N-dealkylation sites (N-methyl/N-ethyl adjacent to an activating group) is 1. The van der Waals surface area contributed by atoms with E-state index in [2.05, 4.69) is 10.6 Å². The van der Waals surface area contributed by atoms with E-state index < -0.39 is 23.6 Å². The number of rotatable bonds is 5. The lowest BCUT2D eigenvalue weighted by Crippen LogP contribution is -2.50. The number of amides is 2. The summed E-state index contributed by atoms with van der Waals surface area (Å²) in [6.07, 6.45) is 4.47. The van der Waals surface area contributed by atoms with Crippen LogP contribution < -0.4 is 10.6 Å². The van der Waals surface area contributed by atoms with Crippen LogP contribution in [0.4, 0.5) is 8.78 Å². The van der Waals surface area contributed by atoms with Gasteiger partial charge in [-0.2, -0.15) is 0 Å². The summed E-state index contributed by atoms with van der Waals surface area (Å²) in [4.78, 5) is 27.3. The Bertz CT molecular complexity index is 683. The average Bonchev–Trinajstić information content (AvgIpc) is 3.01. The topological polar surface area (TPSA) is 61.4 Å². The summed E-state index contributed by atoms with van der Waals surface area (Å²) < 4.78 is 27.4. The average molecular weight is 365 g/mol. The molecule has 0 aromatic heterocycles. The molecular formula is C19H25F2N3O2. The zero-order valence-electron chi connectivity index (χ0n) is 14.9. The van der Waals surface area contributed by atoms with Gasteiger partial charge in [-0.05, 0) is 44.4 Å². The molecule has 3 atom stereocenters. The SMILES string of the molecule is CNCCNC(=O)C1CC2CCCCC2N1C(=O)c1ccc(F)cc1F. The van der Waals surface area contributed by atoms with Crippen molar-refractivity contribution in [3.8, 4) is 0 Å². The van der Waals surface area contributed by atoms with Gasteiger partial charge in [0.05, 0.1) is 5.56 Å². The molecule has 1 aromatic rings. The van der Waals surface area contributed by atoms with Crippen LogP contribution in [0.3, 0.4) is 0 Å². The molecule has 142 valence electrons. The first-order valence-corrected chi connectivity index (χ1v) is 9.23. The van der Waals surface area contributed by atoms with Crippen molar-refractivity contribution >= 4 is 11.8 Å². The van der Waals surface area contributed by atoms with E-state index in [-0.39, 0.29) is 23.4 Å². The Balaban J connectivity index is 1.85. The smallest absolute Gasteiger partial charge is 0.257 e. The number of carbonyl (C=O) groups excluding carboxylic acids is 2. The minimum atomic E-state index is -0.886. The summed E-state index contributed by atoms with van der Waals surface area (Å²) >= 11 is 0. The lowest BCUT2D eigenvalue weighted by molar-refractivity contribution is -0.125. The minimum Gasteiger partial charge on any atom is -0.353 e. The van der Waals surface area contributed by atoms with Crippen LogP contribution in [0.5, 0.6) is 0 Å². The molecule has 5 nitrogen and oxygen atoms in total. The summed E-state index contributed by atoms with van der Waals surface area (Å²) in [5.41, 5.74) is -0.175. The van der Waals surface area contributed by atoms with Gasteiger partial charge in [-0.3, -0.25) is 9.59 Å². The van der Waals surface area contributed by atoms with Crippen LogP contribution in [0.25, 0.3) is 0 Å². The van der Waals surface area contributed by atoms with Gasteiger partial charge in [0, 0.05) is 25.2 Å². The standard InChI is InChI=1S/C19H25F2N3O2/c1-22-8-9-23-18(25)17-10-12-4-2-3-5-16(12)24(17)19(26)14-7-6-13(20)11-15(14)21/h6-7,11-12,16-17,22H,2-5,8-10H2,1H3,(H,23,25). The van der Waals surface area contributed by atoms with Crippen molar-refractivity contribution in [2.45, 2.75) is 44.2 Å². The van der Waals surface area contributed by atoms with Crippen LogP contribution >= 0.6 is 0 Å². The van der Waals surface area contributed by atoms with Gasteiger partial charge < -0.3 is 15.5 Å². The highest BCUT2D eigenvalue weighted by Crippen LogP contribution is 2.40. The van der Waals surface area contributed by atoms with Crippen molar-refractivity contribution in [3.63, 3.8) is 0 Å². The number of halogens is 2. The number of carbonyl (C=O) groups is 2. The molecule has 3 unspecified atom stereocenters. The number of fused-ring (bicyclic) bond motifs is 1. The maximum Gasteiger partial charge on any atom is 0.257 e. The molecule has 1 aliphatic carbocycles. The van der Waals surface area contributed by atoms with Gasteiger partial charge in [0.15, 0.2) is 0 Å². The molecule has 1 heterocycles. The van der Waals surface area contributed by atoms with Crippen molar-refractivity contribution in [1.29, 1.82) is 0 Å². The molecule has 0 bridgehead atoms. The number of nitrogens with zero attached hydrogens (tertiary/aromatic N) is 1. The molecule has 1 aromatic carbocycles. The molecule has 3 rings (SSSR count). The first-order chi connectivity index (χ1) is 12.5. The van der Waals surface area contributed by atoms with Crippen LogP contribution in [-0.2, 0) is 4.79 Å². The van der Waals surface area contributed by atoms with Crippen molar-refractivity contribution in [1.82, 2.24) is 15.5 Å². The molecule has 2 aliphatic rings. The van der Waals surface area contributed by atoms with E-state index in [1.807, 2.05) is 0 Å². The van der Waals surface area contributed by atoms with Crippen LogP contribution in [0.15, 0.2) is 18.2 Å². The lowest BCUT2D eigenvalue weighted by Gasteiger charge is -2.33. The summed E-state index contributed by atoms with van der Waals surface area (Å²) in [7, 11) is 1.80. The van der Waals surface area contributed by atoms with Crippen molar-refractivity contribution in [2.24, 2.45) is 5.92 Å². The second-order valence-corrected chi connectivity index (χ2v) is 7.09. The van der Waals surface area contributed by atoms with Crippen molar-refractivity contribution in [3.05, 3.63) is 35.4 Å². The minimum absolute atomic E-state index is 0.0549. The van der Waals surface area contributed by atoms with E-state index in [1.165, 1.54) is 6.07 Å². The van der Waals surface area contributed by atoms with Crippen molar-refractivity contribution in [2.75, 3.05) is 20.1 Å². The molecule has 2 fully saturated rings. The molecule has 7 heteroatoms. The third-order valence-electron chi connectivity index (χ3n) is 5.46. The van der Waals surface area contributed by atoms with E-state index in [0.29, 0.717) is 25.6 Å². The molecular weight excluding hydrogens is 340 g/mol. The first kappa shape index (κ1) is 18.8. The van der Waals surface area contributed by atoms with Crippen LogP contribution in [0, 0.1) is 17.6 Å². The highest BCUT2D eigenvalue weighted by molar-refractivity contribution is 5.98.